The quantitative estimate of drug-likeness (QED) is 0.366. The molecule has 10 nitrogen and oxygen atoms in total. The fourth-order valence-corrected chi connectivity index (χ4v) is 4.36. The van der Waals surface area contributed by atoms with E-state index in [-0.39, 0.29) is 25.4 Å². The molecule has 0 spiro atoms. The van der Waals surface area contributed by atoms with Gasteiger partial charge in [0.25, 0.3) is 5.56 Å². The highest BCUT2D eigenvalue weighted by Gasteiger charge is 2.32. The van der Waals surface area contributed by atoms with Gasteiger partial charge >= 0.3 is 11.8 Å². The molecule has 1 aliphatic heterocycles. The van der Waals surface area contributed by atoms with Crippen LogP contribution in [0.5, 0.6) is 0 Å². The molecule has 1 amide bonds. The number of carbonyl (C=O) groups is 1. The van der Waals surface area contributed by atoms with Crippen LogP contribution in [-0.4, -0.2) is 53.2 Å². The summed E-state index contributed by atoms with van der Waals surface area (Å²) < 4.78 is 25.6. The monoisotopic (exact) mass is 546 g/mol. The third-order valence-corrected chi connectivity index (χ3v) is 6.34. The molecule has 0 saturated carbocycles. The summed E-state index contributed by atoms with van der Waals surface area (Å²) in [5.41, 5.74) is 2.04. The maximum absolute atomic E-state index is 12.7. The topological polar surface area (TPSA) is 143 Å². The predicted molar refractivity (Wildman–Crippen MR) is 146 cm³/mol. The van der Waals surface area contributed by atoms with Crippen molar-refractivity contribution in [3.8, 4) is 23.7 Å². The molecule has 206 valence electrons. The van der Waals surface area contributed by atoms with E-state index in [4.69, 9.17) is 12.3 Å². The van der Waals surface area contributed by atoms with Crippen molar-refractivity contribution >= 4 is 6.09 Å². The molecule has 4 N–H and O–H groups in total. The SMILES string of the molecule is [2H]C[C@H]1O[C@@H](n2cc(C#CCNC(=O)OC3Cc4ccccc4C#Cc4ccccc43)c(=O)[nH]c2=O)CC1O.[3H]OC. The van der Waals surface area contributed by atoms with Gasteiger partial charge in [-0.15, -0.1) is 0 Å². The van der Waals surface area contributed by atoms with Crippen LogP contribution in [0.2, 0.25) is 0 Å². The molecule has 40 heavy (non-hydrogen) atoms. The number of alkyl carbamates (subject to hydrolysis) is 1. The van der Waals surface area contributed by atoms with Gasteiger partial charge in [0, 0.05) is 44.2 Å². The number of nitrogens with one attached hydrogen (secondary N) is 2. The number of fused-ring (bicyclic) bond motifs is 2. The number of hydrogen-bond acceptors (Lipinski definition) is 7. The minimum Gasteiger partial charge on any atom is -0.441 e. The molecule has 2 aromatic carbocycles. The van der Waals surface area contributed by atoms with Gasteiger partial charge in [0.05, 0.1) is 18.8 Å². The van der Waals surface area contributed by atoms with Crippen LogP contribution in [-0.2, 0) is 15.9 Å². The number of rotatable bonds is 3. The Morgan fingerprint density at radius 1 is 1.27 bits per heavy atom. The van der Waals surface area contributed by atoms with Gasteiger partial charge in [-0.25, -0.2) is 9.59 Å². The smallest absolute Gasteiger partial charge is 0.408 e. The van der Waals surface area contributed by atoms with Crippen molar-refractivity contribution in [2.45, 2.75) is 44.3 Å². The van der Waals surface area contributed by atoms with Crippen molar-refractivity contribution in [1.29, 1.82) is 1.43 Å². The molecule has 4 atom stereocenters. The third-order valence-electron chi connectivity index (χ3n) is 6.34. The highest BCUT2D eigenvalue weighted by Crippen LogP contribution is 2.29. The summed E-state index contributed by atoms with van der Waals surface area (Å²) in [5, 5.41) is 16.1. The Bertz CT molecular complexity index is 1670. The second-order valence-electron chi connectivity index (χ2n) is 8.89. The Morgan fingerprint density at radius 3 is 2.77 bits per heavy atom. The first-order valence-corrected chi connectivity index (χ1v) is 12.4. The third kappa shape index (κ3) is 6.50. The van der Waals surface area contributed by atoms with E-state index in [1.807, 2.05) is 48.5 Å². The summed E-state index contributed by atoms with van der Waals surface area (Å²) in [6.07, 6.45) is -1.86. The first-order chi connectivity index (χ1) is 20.3. The number of aliphatic hydroxyl groups excluding tert-OH is 2. The first-order valence-electron chi connectivity index (χ1n) is 13.6. The Hall–Kier alpha value is -4.61. The summed E-state index contributed by atoms with van der Waals surface area (Å²) in [6.45, 7) is -0.266. The molecular weight excluding hydrogens is 514 g/mol. The fourth-order valence-electron chi connectivity index (χ4n) is 4.36. The minimum atomic E-state index is -0.888. The Balaban J connectivity index is 0.00000129. The lowest BCUT2D eigenvalue weighted by atomic mass is 9.92. The van der Waals surface area contributed by atoms with Crippen LogP contribution in [0.3, 0.4) is 0 Å². The highest BCUT2D eigenvalue weighted by molar-refractivity contribution is 5.68. The van der Waals surface area contributed by atoms with Gasteiger partial charge in [-0.1, -0.05) is 60.1 Å². The molecular formula is C30H29N3O7. The average Bonchev–Trinajstić information content (AvgIpc) is 3.35. The van der Waals surface area contributed by atoms with E-state index in [2.05, 4.69) is 39.1 Å². The lowest BCUT2D eigenvalue weighted by Crippen LogP contribution is -2.33. The molecule has 5 rings (SSSR count). The van der Waals surface area contributed by atoms with Gasteiger partial charge in [0.15, 0.2) is 0 Å². The Kier molecular flexibility index (Phi) is 8.31. The second-order valence-corrected chi connectivity index (χ2v) is 8.89. The van der Waals surface area contributed by atoms with Gasteiger partial charge in [-0.05, 0) is 24.6 Å². The minimum absolute atomic E-state index is 0.0127. The summed E-state index contributed by atoms with van der Waals surface area (Å²) in [5.74, 6) is 11.7. The molecule has 2 aliphatic rings. The lowest BCUT2D eigenvalue weighted by molar-refractivity contribution is -0.0101. The first kappa shape index (κ1) is 25.7. The summed E-state index contributed by atoms with van der Waals surface area (Å²) >= 11 is 0. The van der Waals surface area contributed by atoms with Crippen LogP contribution in [0.25, 0.3) is 0 Å². The molecule has 3 aromatic rings. The Morgan fingerprint density at radius 2 is 2.00 bits per heavy atom. The zero-order chi connectivity index (χ0) is 30.1. The number of H-pyrrole nitrogens is 1. The van der Waals surface area contributed by atoms with Crippen LogP contribution in [0, 0.1) is 23.7 Å². The largest absolute Gasteiger partial charge is 0.441 e. The van der Waals surface area contributed by atoms with E-state index in [1.165, 1.54) is 13.3 Å². The number of amides is 1. The number of nitrogens with zero attached hydrogens (tertiary/aromatic N) is 1. The molecule has 1 saturated heterocycles. The van der Waals surface area contributed by atoms with E-state index in [1.54, 1.807) is 0 Å². The molecule has 10 heteroatoms. The van der Waals surface area contributed by atoms with Crippen LogP contribution in [0.15, 0.2) is 64.3 Å². The zero-order valence-electron chi connectivity index (χ0n) is 23.7. The normalized spacial score (nSPS) is 21.1. The summed E-state index contributed by atoms with van der Waals surface area (Å²) in [6, 6.07) is 15.2. The maximum atomic E-state index is 12.7. The fraction of sp³-hybridized carbons (Fsp3) is 0.300. The lowest BCUT2D eigenvalue weighted by Gasteiger charge is -2.21. The summed E-state index contributed by atoms with van der Waals surface area (Å²) in [7, 11) is 1.29. The number of ether oxygens (including phenoxy) is 2. The van der Waals surface area contributed by atoms with Crippen LogP contribution < -0.4 is 16.6 Å². The average molecular weight is 547 g/mol. The van der Waals surface area contributed by atoms with Gasteiger partial charge in [-0.2, -0.15) is 0 Å². The maximum Gasteiger partial charge on any atom is 0.408 e. The number of aromatic amines is 1. The van der Waals surface area contributed by atoms with Gasteiger partial charge in [0.2, 0.25) is 1.43 Å². The number of benzene rings is 2. The number of carbonyl (C=O) groups excluding carboxylic acids is 1. The molecule has 1 fully saturated rings. The van der Waals surface area contributed by atoms with Gasteiger partial charge in [0.1, 0.15) is 17.9 Å². The van der Waals surface area contributed by atoms with Crippen molar-refractivity contribution in [3.63, 3.8) is 0 Å². The standard InChI is InChI=1S/C29H25N3O6.CH4O/c1-18-24(33)16-26(37-18)32-17-22(27(34)31-28(32)35)10-6-14-30-29(36)38-25-15-21-9-3-2-7-19(21)12-13-20-8-4-5-11-23(20)25;1-2/h2-5,7-9,11,17-18,24-26,33H,14-16H2,1H3,(H,30,36)(H,31,34,35);2H,1H3/t18-,24?,25?,26-;/m1./s1/i1D;2T. The molecule has 0 radical (unpaired) electrons. The van der Waals surface area contributed by atoms with Gasteiger partial charge < -0.3 is 25.0 Å². The molecule has 1 aliphatic carbocycles. The van der Waals surface area contributed by atoms with Crippen LogP contribution >= 0.6 is 0 Å². The zero-order valence-corrected chi connectivity index (χ0v) is 21.7. The summed E-state index contributed by atoms with van der Waals surface area (Å²) in [4.78, 5) is 39.4. The number of aromatic nitrogens is 2. The highest BCUT2D eigenvalue weighted by atomic mass is 16.6. The molecule has 0 bridgehead atoms. The number of hydrogen-bond donors (Lipinski definition) is 4. The van der Waals surface area contributed by atoms with Crippen LogP contribution in [0.1, 0.15) is 54.8 Å². The van der Waals surface area contributed by atoms with Crippen molar-refractivity contribution in [1.82, 2.24) is 14.9 Å². The van der Waals surface area contributed by atoms with Crippen molar-refractivity contribution in [3.05, 3.63) is 103 Å². The molecule has 2 unspecified atom stereocenters. The van der Waals surface area contributed by atoms with Gasteiger partial charge in [-0.3, -0.25) is 14.3 Å². The number of aliphatic hydroxyl groups is 2. The van der Waals surface area contributed by atoms with Crippen LogP contribution in [0.4, 0.5) is 4.79 Å². The van der Waals surface area contributed by atoms with Crippen molar-refractivity contribution < 1.29 is 25.9 Å². The Labute approximate surface area is 233 Å². The second kappa shape index (κ2) is 13.0. The van der Waals surface area contributed by atoms with E-state index in [9.17, 15) is 19.5 Å². The molecule has 1 aromatic heterocycles. The van der Waals surface area contributed by atoms with E-state index < -0.39 is 41.9 Å². The van der Waals surface area contributed by atoms with E-state index in [0.717, 1.165) is 26.8 Å². The van der Waals surface area contributed by atoms with E-state index >= 15 is 0 Å². The van der Waals surface area contributed by atoms with Crippen molar-refractivity contribution in [2.24, 2.45) is 0 Å². The molecule has 2 heterocycles. The predicted octanol–water partition coefficient (Wildman–Crippen LogP) is 1.59. The van der Waals surface area contributed by atoms with E-state index in [0.29, 0.717) is 6.42 Å². The van der Waals surface area contributed by atoms with Crippen molar-refractivity contribution in [2.75, 3.05) is 13.7 Å².